The summed E-state index contributed by atoms with van der Waals surface area (Å²) in [6.07, 6.45) is 3.99. The third kappa shape index (κ3) is 2.99. The van der Waals surface area contributed by atoms with E-state index >= 15 is 0 Å². The average Bonchev–Trinajstić information content (AvgIpc) is 2.28. The first kappa shape index (κ1) is 14.5. The molecule has 1 aliphatic rings. The molecular weight excluding hydrogens is 216 g/mol. The van der Waals surface area contributed by atoms with Crippen molar-refractivity contribution in [2.24, 2.45) is 11.1 Å². The Morgan fingerprint density at radius 1 is 1.53 bits per heavy atom. The van der Waals surface area contributed by atoms with Crippen molar-refractivity contribution in [2.45, 2.75) is 45.6 Å². The number of rotatable bonds is 7. The second-order valence-electron chi connectivity index (χ2n) is 5.09. The Hall–Kier alpha value is -0.610. The maximum absolute atomic E-state index is 12.6. The van der Waals surface area contributed by atoms with Crippen molar-refractivity contribution in [3.63, 3.8) is 0 Å². The fraction of sp³-hybridized carbons (Fsp3) is 0.923. The number of hydrogen-bond donors (Lipinski definition) is 1. The molecule has 1 amide bonds. The van der Waals surface area contributed by atoms with Crippen LogP contribution in [0.25, 0.3) is 0 Å². The number of ether oxygens (including phenoxy) is 1. The summed E-state index contributed by atoms with van der Waals surface area (Å²) in [6, 6.07) is 0.265. The minimum atomic E-state index is -0.267. The Labute approximate surface area is 104 Å². The molecule has 0 aromatic rings. The van der Waals surface area contributed by atoms with Crippen LogP contribution in [0.4, 0.5) is 0 Å². The van der Waals surface area contributed by atoms with E-state index in [9.17, 15) is 4.79 Å². The quantitative estimate of drug-likeness (QED) is 0.734. The predicted octanol–water partition coefficient (Wildman–Crippen LogP) is 1.39. The fourth-order valence-electron chi connectivity index (χ4n) is 2.35. The van der Waals surface area contributed by atoms with Gasteiger partial charge in [-0.2, -0.15) is 0 Å². The van der Waals surface area contributed by atoms with Crippen molar-refractivity contribution < 1.29 is 9.53 Å². The van der Waals surface area contributed by atoms with E-state index in [1.165, 1.54) is 0 Å². The predicted molar refractivity (Wildman–Crippen MR) is 68.7 cm³/mol. The lowest BCUT2D eigenvalue weighted by molar-refractivity contribution is -0.149. The van der Waals surface area contributed by atoms with Crippen LogP contribution in [0.1, 0.15) is 39.5 Å². The van der Waals surface area contributed by atoms with Gasteiger partial charge in [-0.05, 0) is 26.2 Å². The molecule has 0 aromatic carbocycles. The van der Waals surface area contributed by atoms with E-state index < -0.39 is 0 Å². The Morgan fingerprint density at radius 3 is 2.53 bits per heavy atom. The summed E-state index contributed by atoms with van der Waals surface area (Å²) in [4.78, 5) is 14.5. The molecule has 0 aromatic heterocycles. The van der Waals surface area contributed by atoms with Crippen LogP contribution in [0.5, 0.6) is 0 Å². The van der Waals surface area contributed by atoms with Gasteiger partial charge in [0, 0.05) is 26.2 Å². The Morgan fingerprint density at radius 2 is 2.18 bits per heavy atom. The van der Waals surface area contributed by atoms with Crippen LogP contribution in [0, 0.1) is 5.41 Å². The van der Waals surface area contributed by atoms with E-state index in [0.717, 1.165) is 25.7 Å². The molecule has 0 spiro atoms. The summed E-state index contributed by atoms with van der Waals surface area (Å²) in [6.45, 7) is 5.94. The van der Waals surface area contributed by atoms with Crippen LogP contribution in [-0.4, -0.2) is 43.7 Å². The number of methoxy groups -OCH3 is 1. The lowest BCUT2D eigenvalue weighted by Crippen LogP contribution is -2.54. The van der Waals surface area contributed by atoms with Gasteiger partial charge in [-0.15, -0.1) is 0 Å². The SMILES string of the molecule is CCC(C)N(CCOC)C(=O)C1(CN)CCC1. The molecule has 1 unspecified atom stereocenters. The highest BCUT2D eigenvalue weighted by Crippen LogP contribution is 2.41. The van der Waals surface area contributed by atoms with Gasteiger partial charge >= 0.3 is 0 Å². The molecule has 2 N–H and O–H groups in total. The normalized spacial score (nSPS) is 19.5. The molecule has 1 rings (SSSR count). The maximum atomic E-state index is 12.6. The number of nitrogens with zero attached hydrogens (tertiary/aromatic N) is 1. The molecule has 1 saturated carbocycles. The van der Waals surface area contributed by atoms with Crippen LogP contribution in [0.3, 0.4) is 0 Å². The van der Waals surface area contributed by atoms with Gasteiger partial charge < -0.3 is 15.4 Å². The summed E-state index contributed by atoms with van der Waals surface area (Å²) < 4.78 is 5.09. The van der Waals surface area contributed by atoms with Crippen molar-refractivity contribution in [1.29, 1.82) is 0 Å². The number of nitrogens with two attached hydrogens (primary N) is 1. The number of hydrogen-bond acceptors (Lipinski definition) is 3. The number of amides is 1. The smallest absolute Gasteiger partial charge is 0.230 e. The topological polar surface area (TPSA) is 55.6 Å². The van der Waals surface area contributed by atoms with E-state index in [2.05, 4.69) is 13.8 Å². The van der Waals surface area contributed by atoms with Crippen LogP contribution in [-0.2, 0) is 9.53 Å². The van der Waals surface area contributed by atoms with Gasteiger partial charge in [-0.3, -0.25) is 4.79 Å². The third-order valence-corrected chi connectivity index (χ3v) is 4.08. The lowest BCUT2D eigenvalue weighted by Gasteiger charge is -2.44. The summed E-state index contributed by atoms with van der Waals surface area (Å²) in [5, 5.41) is 0. The molecular formula is C13H26N2O2. The minimum Gasteiger partial charge on any atom is -0.383 e. The number of carbonyl (C=O) groups is 1. The van der Waals surface area contributed by atoms with E-state index in [4.69, 9.17) is 10.5 Å². The monoisotopic (exact) mass is 242 g/mol. The van der Waals surface area contributed by atoms with Crippen LogP contribution < -0.4 is 5.73 Å². The second-order valence-corrected chi connectivity index (χ2v) is 5.09. The zero-order valence-corrected chi connectivity index (χ0v) is 11.4. The highest BCUT2D eigenvalue weighted by Gasteiger charge is 2.45. The molecule has 1 aliphatic carbocycles. The molecule has 100 valence electrons. The van der Waals surface area contributed by atoms with Crippen molar-refractivity contribution in [1.82, 2.24) is 4.90 Å². The molecule has 0 heterocycles. The molecule has 1 fully saturated rings. The van der Waals surface area contributed by atoms with Crippen molar-refractivity contribution in [3.8, 4) is 0 Å². The largest absolute Gasteiger partial charge is 0.383 e. The standard InChI is InChI=1S/C13H26N2O2/c1-4-11(2)15(8-9-17-3)12(16)13(10-14)6-5-7-13/h11H,4-10,14H2,1-3H3. The summed E-state index contributed by atoms with van der Waals surface area (Å²) >= 11 is 0. The minimum absolute atomic E-state index is 0.234. The molecule has 0 bridgehead atoms. The second kappa shape index (κ2) is 6.36. The van der Waals surface area contributed by atoms with Crippen molar-refractivity contribution in [2.75, 3.05) is 26.8 Å². The lowest BCUT2D eigenvalue weighted by atomic mass is 9.67. The highest BCUT2D eigenvalue weighted by molar-refractivity contribution is 5.84. The molecule has 4 heteroatoms. The van der Waals surface area contributed by atoms with Crippen LogP contribution in [0.2, 0.25) is 0 Å². The van der Waals surface area contributed by atoms with E-state index in [1.54, 1.807) is 7.11 Å². The summed E-state index contributed by atoms with van der Waals surface area (Å²) in [7, 11) is 1.67. The molecule has 0 radical (unpaired) electrons. The van der Waals surface area contributed by atoms with E-state index in [1.807, 2.05) is 4.90 Å². The van der Waals surface area contributed by atoms with E-state index in [0.29, 0.717) is 19.7 Å². The van der Waals surface area contributed by atoms with Crippen molar-refractivity contribution >= 4 is 5.91 Å². The molecule has 4 nitrogen and oxygen atoms in total. The average molecular weight is 242 g/mol. The Bertz CT molecular complexity index is 246. The zero-order chi connectivity index (χ0) is 12.9. The summed E-state index contributed by atoms with van der Waals surface area (Å²) in [5.41, 5.74) is 5.53. The van der Waals surface area contributed by atoms with Gasteiger partial charge in [0.15, 0.2) is 0 Å². The van der Waals surface area contributed by atoms with Gasteiger partial charge in [-0.1, -0.05) is 13.3 Å². The van der Waals surface area contributed by atoms with Gasteiger partial charge in [0.1, 0.15) is 0 Å². The maximum Gasteiger partial charge on any atom is 0.230 e. The van der Waals surface area contributed by atoms with Gasteiger partial charge in [0.2, 0.25) is 5.91 Å². The van der Waals surface area contributed by atoms with Crippen LogP contribution in [0.15, 0.2) is 0 Å². The van der Waals surface area contributed by atoms with Gasteiger partial charge in [0.05, 0.1) is 12.0 Å². The van der Waals surface area contributed by atoms with E-state index in [-0.39, 0.29) is 17.4 Å². The third-order valence-electron chi connectivity index (χ3n) is 4.08. The Balaban J connectivity index is 2.71. The van der Waals surface area contributed by atoms with Crippen LogP contribution >= 0.6 is 0 Å². The first-order valence-corrected chi connectivity index (χ1v) is 6.61. The van der Waals surface area contributed by atoms with Gasteiger partial charge in [-0.25, -0.2) is 0 Å². The molecule has 0 aliphatic heterocycles. The first-order valence-electron chi connectivity index (χ1n) is 6.61. The molecule has 1 atom stereocenters. The summed E-state index contributed by atoms with van der Waals surface area (Å²) in [5.74, 6) is 0.234. The Kier molecular flexibility index (Phi) is 5.40. The highest BCUT2D eigenvalue weighted by atomic mass is 16.5. The molecule has 0 saturated heterocycles. The van der Waals surface area contributed by atoms with Crippen molar-refractivity contribution in [3.05, 3.63) is 0 Å². The van der Waals surface area contributed by atoms with Gasteiger partial charge in [0.25, 0.3) is 0 Å². The fourth-order valence-corrected chi connectivity index (χ4v) is 2.35. The zero-order valence-electron chi connectivity index (χ0n) is 11.4. The number of carbonyl (C=O) groups excluding carboxylic acids is 1. The first-order chi connectivity index (χ1) is 8.11. The molecule has 17 heavy (non-hydrogen) atoms.